The van der Waals surface area contributed by atoms with Crippen LogP contribution in [-0.2, 0) is 5.54 Å². The maximum atomic E-state index is 2.92. The van der Waals surface area contributed by atoms with Gasteiger partial charge in [0.25, 0.3) is 0 Å². The van der Waals surface area contributed by atoms with Crippen LogP contribution in [0.25, 0.3) is 9.75 Å². The van der Waals surface area contributed by atoms with Gasteiger partial charge in [0.2, 0.25) is 0 Å². The van der Waals surface area contributed by atoms with E-state index in [0.29, 0.717) is 5.92 Å². The van der Waals surface area contributed by atoms with E-state index in [0.717, 1.165) is 5.92 Å². The highest BCUT2D eigenvalue weighted by Crippen LogP contribution is 2.59. The van der Waals surface area contributed by atoms with Crippen molar-refractivity contribution in [2.75, 3.05) is 11.4 Å². The fourth-order valence-corrected chi connectivity index (χ4v) is 8.00. The quantitative estimate of drug-likeness (QED) is 0.424. The predicted molar refractivity (Wildman–Crippen MR) is 132 cm³/mol. The fraction of sp³-hybridized carbons (Fsp3) is 0.692. The second kappa shape index (κ2) is 8.75. The van der Waals surface area contributed by atoms with Crippen LogP contribution in [0.15, 0.2) is 12.1 Å². The van der Waals surface area contributed by atoms with Gasteiger partial charge in [-0.2, -0.15) is 0 Å². The molecule has 2 aromatic rings. The summed E-state index contributed by atoms with van der Waals surface area (Å²) in [5.74, 6) is 1.43. The van der Waals surface area contributed by atoms with Crippen LogP contribution in [-0.4, -0.2) is 6.54 Å². The number of rotatable bonds is 7. The van der Waals surface area contributed by atoms with E-state index in [4.69, 9.17) is 0 Å². The number of hydrogen-bond donors (Lipinski definition) is 0. The van der Waals surface area contributed by atoms with Gasteiger partial charge in [-0.25, -0.2) is 0 Å². The van der Waals surface area contributed by atoms with E-state index in [2.05, 4.69) is 63.0 Å². The average Bonchev–Trinajstić information content (AvgIpc) is 3.33. The first kappa shape index (κ1) is 21.4. The van der Waals surface area contributed by atoms with Gasteiger partial charge in [0.1, 0.15) is 0 Å². The van der Waals surface area contributed by atoms with E-state index in [1.54, 1.807) is 25.9 Å². The van der Waals surface area contributed by atoms with Crippen molar-refractivity contribution >= 4 is 28.4 Å². The molecule has 4 rings (SSSR count). The van der Waals surface area contributed by atoms with Crippen LogP contribution in [0, 0.1) is 12.8 Å². The predicted octanol–water partition coefficient (Wildman–Crippen LogP) is 9.10. The van der Waals surface area contributed by atoms with Gasteiger partial charge in [0, 0.05) is 16.3 Å². The van der Waals surface area contributed by atoms with Crippen molar-refractivity contribution in [2.45, 2.75) is 104 Å². The number of aryl methyl sites for hydroxylation is 1. The molecule has 1 aliphatic carbocycles. The summed E-state index contributed by atoms with van der Waals surface area (Å²) in [6.07, 6.45) is 12.2. The van der Waals surface area contributed by atoms with E-state index in [9.17, 15) is 0 Å². The maximum absolute atomic E-state index is 2.92. The van der Waals surface area contributed by atoms with Crippen LogP contribution in [0.4, 0.5) is 5.69 Å². The highest BCUT2D eigenvalue weighted by Gasteiger charge is 2.47. The summed E-state index contributed by atoms with van der Waals surface area (Å²) < 4.78 is 0. The van der Waals surface area contributed by atoms with Crippen molar-refractivity contribution in [3.05, 3.63) is 27.5 Å². The Morgan fingerprint density at radius 2 is 1.79 bits per heavy atom. The summed E-state index contributed by atoms with van der Waals surface area (Å²) in [6.45, 7) is 13.0. The molecule has 2 aromatic heterocycles. The minimum Gasteiger partial charge on any atom is -0.360 e. The first-order valence-corrected chi connectivity index (χ1v) is 13.7. The molecule has 0 amide bonds. The van der Waals surface area contributed by atoms with E-state index in [-0.39, 0.29) is 5.54 Å². The van der Waals surface area contributed by atoms with Gasteiger partial charge < -0.3 is 4.90 Å². The molecule has 160 valence electrons. The van der Waals surface area contributed by atoms with Gasteiger partial charge >= 0.3 is 0 Å². The Morgan fingerprint density at radius 3 is 2.45 bits per heavy atom. The highest BCUT2D eigenvalue weighted by atomic mass is 32.1. The first-order chi connectivity index (χ1) is 14.0. The SMILES string of the molecule is CCCCC(CC)CN1c2cc(C)sc2-c2sc(C(C)C)cc2C12CCCCC2. The van der Waals surface area contributed by atoms with Gasteiger partial charge in [0.05, 0.1) is 21.0 Å². The van der Waals surface area contributed by atoms with E-state index in [1.165, 1.54) is 69.2 Å². The molecule has 0 radical (unpaired) electrons. The largest absolute Gasteiger partial charge is 0.360 e. The lowest BCUT2D eigenvalue weighted by molar-refractivity contribution is 0.260. The summed E-state index contributed by atoms with van der Waals surface area (Å²) >= 11 is 4.12. The van der Waals surface area contributed by atoms with Gasteiger partial charge in [-0.1, -0.05) is 66.2 Å². The molecule has 0 N–H and O–H groups in total. The molecule has 29 heavy (non-hydrogen) atoms. The molecule has 0 aromatic carbocycles. The molecule has 1 spiro atoms. The maximum Gasteiger partial charge on any atom is 0.0682 e. The third-order valence-electron chi connectivity index (χ3n) is 7.34. The molecule has 0 bridgehead atoms. The van der Waals surface area contributed by atoms with Gasteiger partial charge in [-0.15, -0.1) is 22.7 Å². The number of fused-ring (bicyclic) bond motifs is 4. The molecule has 1 fully saturated rings. The molecule has 1 saturated carbocycles. The normalized spacial score (nSPS) is 18.9. The molecule has 1 atom stereocenters. The molecule has 1 nitrogen and oxygen atoms in total. The lowest BCUT2D eigenvalue weighted by atomic mass is 9.72. The van der Waals surface area contributed by atoms with Gasteiger partial charge in [0.15, 0.2) is 0 Å². The minimum atomic E-state index is 0.247. The van der Waals surface area contributed by atoms with Crippen molar-refractivity contribution < 1.29 is 0 Å². The Kier molecular flexibility index (Phi) is 6.46. The number of hydrogen-bond acceptors (Lipinski definition) is 3. The Hall–Kier alpha value is -0.800. The van der Waals surface area contributed by atoms with Gasteiger partial charge in [-0.05, 0) is 55.7 Å². The summed E-state index contributed by atoms with van der Waals surface area (Å²) in [7, 11) is 0. The van der Waals surface area contributed by atoms with Gasteiger partial charge in [-0.3, -0.25) is 0 Å². The smallest absolute Gasteiger partial charge is 0.0682 e. The van der Waals surface area contributed by atoms with E-state index >= 15 is 0 Å². The second-order valence-electron chi connectivity index (χ2n) is 9.74. The Bertz CT molecular complexity index is 822. The standard InChI is InChI=1S/C26H39NS2/c1-6-8-12-20(7-2)17-27-22-15-19(5)28-25(22)24-21(16-23(29-24)18(3)4)26(27)13-10-9-11-14-26/h15-16,18,20H,6-14,17H2,1-5H3. The first-order valence-electron chi connectivity index (χ1n) is 12.0. The van der Waals surface area contributed by atoms with Crippen LogP contribution >= 0.6 is 22.7 Å². The second-order valence-corrected chi connectivity index (χ2v) is 12.1. The number of thiophene rings is 2. The van der Waals surface area contributed by atoms with E-state index in [1.807, 2.05) is 11.3 Å². The number of anilines is 1. The topological polar surface area (TPSA) is 3.24 Å². The van der Waals surface area contributed by atoms with Crippen molar-refractivity contribution in [2.24, 2.45) is 5.92 Å². The third kappa shape index (κ3) is 3.82. The fourth-order valence-electron chi connectivity index (χ4n) is 5.57. The Balaban J connectivity index is 1.83. The highest BCUT2D eigenvalue weighted by molar-refractivity contribution is 7.23. The molecule has 2 aliphatic rings. The lowest BCUT2D eigenvalue weighted by Crippen LogP contribution is -2.51. The third-order valence-corrected chi connectivity index (χ3v) is 9.98. The van der Waals surface area contributed by atoms with Crippen LogP contribution in [0.1, 0.15) is 107 Å². The van der Waals surface area contributed by atoms with Crippen molar-refractivity contribution in [3.8, 4) is 9.75 Å². The van der Waals surface area contributed by atoms with Crippen LogP contribution < -0.4 is 4.90 Å². The van der Waals surface area contributed by atoms with E-state index < -0.39 is 0 Å². The minimum absolute atomic E-state index is 0.247. The van der Waals surface area contributed by atoms with Crippen LogP contribution in [0.2, 0.25) is 0 Å². The number of nitrogens with zero attached hydrogens (tertiary/aromatic N) is 1. The molecular formula is C26H39NS2. The monoisotopic (exact) mass is 429 g/mol. The average molecular weight is 430 g/mol. The molecule has 1 unspecified atom stereocenters. The molecule has 3 heterocycles. The summed E-state index contributed by atoms with van der Waals surface area (Å²) in [4.78, 5) is 9.16. The Morgan fingerprint density at radius 1 is 1.03 bits per heavy atom. The summed E-state index contributed by atoms with van der Waals surface area (Å²) in [5, 5.41) is 0. The zero-order valence-electron chi connectivity index (χ0n) is 19.1. The molecule has 3 heteroatoms. The molecular weight excluding hydrogens is 390 g/mol. The molecule has 1 aliphatic heterocycles. The van der Waals surface area contributed by atoms with Crippen LogP contribution in [0.3, 0.4) is 0 Å². The summed E-state index contributed by atoms with van der Waals surface area (Å²) in [6, 6.07) is 5.13. The zero-order valence-corrected chi connectivity index (χ0v) is 20.8. The summed E-state index contributed by atoms with van der Waals surface area (Å²) in [5.41, 5.74) is 3.50. The molecule has 0 saturated heterocycles. The lowest BCUT2D eigenvalue weighted by Gasteiger charge is -2.51. The zero-order chi connectivity index (χ0) is 20.6. The number of unbranched alkanes of at least 4 members (excludes halogenated alkanes) is 1. The Labute approximate surface area is 186 Å². The van der Waals surface area contributed by atoms with Crippen molar-refractivity contribution in [3.63, 3.8) is 0 Å². The van der Waals surface area contributed by atoms with Crippen molar-refractivity contribution in [1.82, 2.24) is 0 Å². The van der Waals surface area contributed by atoms with Crippen LogP contribution in [0.5, 0.6) is 0 Å². The van der Waals surface area contributed by atoms with Crippen molar-refractivity contribution in [1.29, 1.82) is 0 Å².